The van der Waals surface area contributed by atoms with Gasteiger partial charge in [0, 0.05) is 37.1 Å². The highest BCUT2D eigenvalue weighted by molar-refractivity contribution is 5.65. The first-order chi connectivity index (χ1) is 10.5. The van der Waals surface area contributed by atoms with Gasteiger partial charge in [0.25, 0.3) is 0 Å². The molecule has 22 heavy (non-hydrogen) atoms. The van der Waals surface area contributed by atoms with E-state index in [-0.39, 0.29) is 0 Å². The van der Waals surface area contributed by atoms with Crippen LogP contribution in [-0.2, 0) is 7.05 Å². The van der Waals surface area contributed by atoms with Gasteiger partial charge in [-0.2, -0.15) is 5.10 Å². The standard InChI is InChI=1S/C16H24N6/c1-11-15(12(2)22(4)20-11)14-7-8-17-16(19-14)18-13-6-5-9-21(3)10-13/h7-8,13H,5-6,9-10H2,1-4H3,(H,17,18,19). The van der Waals surface area contributed by atoms with Crippen molar-refractivity contribution in [3.63, 3.8) is 0 Å². The summed E-state index contributed by atoms with van der Waals surface area (Å²) < 4.78 is 1.90. The van der Waals surface area contributed by atoms with E-state index in [0.29, 0.717) is 12.0 Å². The van der Waals surface area contributed by atoms with Gasteiger partial charge in [-0.25, -0.2) is 9.97 Å². The number of anilines is 1. The maximum absolute atomic E-state index is 4.70. The molecule has 0 amide bonds. The van der Waals surface area contributed by atoms with Gasteiger partial charge in [0.15, 0.2) is 0 Å². The van der Waals surface area contributed by atoms with Gasteiger partial charge >= 0.3 is 0 Å². The van der Waals surface area contributed by atoms with Crippen molar-refractivity contribution in [1.82, 2.24) is 24.6 Å². The number of piperidine rings is 1. The fourth-order valence-corrected chi connectivity index (χ4v) is 3.18. The quantitative estimate of drug-likeness (QED) is 0.939. The Morgan fingerprint density at radius 2 is 2.09 bits per heavy atom. The Morgan fingerprint density at radius 1 is 1.27 bits per heavy atom. The summed E-state index contributed by atoms with van der Waals surface area (Å²) in [5, 5.41) is 7.95. The Morgan fingerprint density at radius 3 is 2.77 bits per heavy atom. The van der Waals surface area contributed by atoms with Crippen LogP contribution in [0.25, 0.3) is 11.3 Å². The van der Waals surface area contributed by atoms with Crippen LogP contribution in [0.5, 0.6) is 0 Å². The highest BCUT2D eigenvalue weighted by atomic mass is 15.3. The first-order valence-corrected chi connectivity index (χ1v) is 7.83. The summed E-state index contributed by atoms with van der Waals surface area (Å²) >= 11 is 0. The van der Waals surface area contributed by atoms with Crippen LogP contribution in [0.1, 0.15) is 24.2 Å². The van der Waals surface area contributed by atoms with E-state index in [9.17, 15) is 0 Å². The summed E-state index contributed by atoms with van der Waals surface area (Å²) in [4.78, 5) is 11.4. The molecule has 2 aromatic rings. The van der Waals surface area contributed by atoms with Gasteiger partial charge in [-0.1, -0.05) is 0 Å². The Kier molecular flexibility index (Phi) is 4.11. The second-order valence-electron chi connectivity index (χ2n) is 6.18. The lowest BCUT2D eigenvalue weighted by molar-refractivity contribution is 0.260. The maximum atomic E-state index is 4.70. The number of hydrogen-bond acceptors (Lipinski definition) is 5. The number of likely N-dealkylation sites (tertiary alicyclic amines) is 1. The lowest BCUT2D eigenvalue weighted by Crippen LogP contribution is -2.40. The lowest BCUT2D eigenvalue weighted by Gasteiger charge is -2.30. The van der Waals surface area contributed by atoms with E-state index >= 15 is 0 Å². The predicted molar refractivity (Wildman–Crippen MR) is 87.8 cm³/mol. The van der Waals surface area contributed by atoms with Crippen LogP contribution in [0, 0.1) is 13.8 Å². The molecule has 1 saturated heterocycles. The molecule has 1 unspecified atom stereocenters. The van der Waals surface area contributed by atoms with Crippen molar-refractivity contribution in [1.29, 1.82) is 0 Å². The van der Waals surface area contributed by atoms with E-state index < -0.39 is 0 Å². The van der Waals surface area contributed by atoms with E-state index in [4.69, 9.17) is 4.98 Å². The molecule has 0 bridgehead atoms. The van der Waals surface area contributed by atoms with E-state index in [1.807, 2.05) is 30.9 Å². The third kappa shape index (κ3) is 2.97. The Bertz CT molecular complexity index is 663. The van der Waals surface area contributed by atoms with Crippen molar-refractivity contribution < 1.29 is 0 Å². The maximum Gasteiger partial charge on any atom is 0.223 e. The molecule has 0 spiro atoms. The highest BCUT2D eigenvalue weighted by Gasteiger charge is 2.18. The van der Waals surface area contributed by atoms with Crippen LogP contribution in [0.4, 0.5) is 5.95 Å². The zero-order valence-electron chi connectivity index (χ0n) is 13.8. The van der Waals surface area contributed by atoms with Crippen LogP contribution < -0.4 is 5.32 Å². The molecule has 1 aliphatic rings. The molecule has 3 rings (SSSR count). The molecule has 0 aromatic carbocycles. The largest absolute Gasteiger partial charge is 0.350 e. The van der Waals surface area contributed by atoms with Crippen LogP contribution in [0.3, 0.4) is 0 Å². The molecule has 3 heterocycles. The fourth-order valence-electron chi connectivity index (χ4n) is 3.18. The minimum atomic E-state index is 0.421. The van der Waals surface area contributed by atoms with Crippen LogP contribution in [0.15, 0.2) is 12.3 Å². The van der Waals surface area contributed by atoms with Crippen molar-refractivity contribution in [2.45, 2.75) is 32.7 Å². The summed E-state index contributed by atoms with van der Waals surface area (Å²) in [5.41, 5.74) is 4.17. The van der Waals surface area contributed by atoms with Crippen LogP contribution in [0.2, 0.25) is 0 Å². The summed E-state index contributed by atoms with van der Waals surface area (Å²) in [5.74, 6) is 0.709. The van der Waals surface area contributed by atoms with E-state index in [1.54, 1.807) is 0 Å². The van der Waals surface area contributed by atoms with Crippen molar-refractivity contribution in [3.05, 3.63) is 23.7 Å². The van der Waals surface area contributed by atoms with Crippen molar-refractivity contribution in [2.75, 3.05) is 25.5 Å². The van der Waals surface area contributed by atoms with Crippen molar-refractivity contribution >= 4 is 5.95 Å². The van der Waals surface area contributed by atoms with Crippen molar-refractivity contribution in [3.8, 4) is 11.3 Å². The number of aromatic nitrogens is 4. The van der Waals surface area contributed by atoms with Gasteiger partial charge in [0.2, 0.25) is 5.95 Å². The lowest BCUT2D eigenvalue weighted by atomic mass is 10.1. The average Bonchev–Trinajstić information content (AvgIpc) is 2.72. The topological polar surface area (TPSA) is 58.9 Å². The zero-order chi connectivity index (χ0) is 15.7. The summed E-state index contributed by atoms with van der Waals surface area (Å²) in [7, 11) is 4.12. The molecular formula is C16H24N6. The van der Waals surface area contributed by atoms with E-state index in [0.717, 1.165) is 29.2 Å². The molecule has 1 fully saturated rings. The molecular weight excluding hydrogens is 276 g/mol. The molecule has 2 aromatic heterocycles. The molecule has 118 valence electrons. The number of nitrogens with zero attached hydrogens (tertiary/aromatic N) is 5. The van der Waals surface area contributed by atoms with Gasteiger partial charge in [-0.3, -0.25) is 4.68 Å². The Labute approximate surface area is 131 Å². The molecule has 0 radical (unpaired) electrons. The van der Waals surface area contributed by atoms with Gasteiger partial charge in [0.1, 0.15) is 0 Å². The zero-order valence-corrected chi connectivity index (χ0v) is 13.8. The predicted octanol–water partition coefficient (Wildman–Crippen LogP) is 2.00. The summed E-state index contributed by atoms with van der Waals surface area (Å²) in [6, 6.07) is 2.37. The normalized spacial score (nSPS) is 19.4. The third-order valence-electron chi connectivity index (χ3n) is 4.38. The minimum Gasteiger partial charge on any atom is -0.350 e. The number of aryl methyl sites for hydroxylation is 2. The molecule has 1 atom stereocenters. The number of rotatable bonds is 3. The molecule has 6 heteroatoms. The Balaban J connectivity index is 1.83. The van der Waals surface area contributed by atoms with Gasteiger partial charge < -0.3 is 10.2 Å². The second kappa shape index (κ2) is 6.04. The van der Waals surface area contributed by atoms with Crippen molar-refractivity contribution in [2.24, 2.45) is 7.05 Å². The van der Waals surface area contributed by atoms with Gasteiger partial charge in [-0.05, 0) is 46.3 Å². The fraction of sp³-hybridized carbons (Fsp3) is 0.562. The second-order valence-corrected chi connectivity index (χ2v) is 6.18. The van der Waals surface area contributed by atoms with Gasteiger partial charge in [0.05, 0.1) is 11.4 Å². The van der Waals surface area contributed by atoms with E-state index in [1.165, 1.54) is 19.4 Å². The molecule has 6 nitrogen and oxygen atoms in total. The number of likely N-dealkylation sites (N-methyl/N-ethyl adjacent to an activating group) is 1. The Hall–Kier alpha value is -1.95. The molecule has 0 saturated carbocycles. The molecule has 1 aliphatic heterocycles. The first-order valence-electron chi connectivity index (χ1n) is 7.83. The number of hydrogen-bond donors (Lipinski definition) is 1. The smallest absolute Gasteiger partial charge is 0.223 e. The average molecular weight is 300 g/mol. The molecule has 1 N–H and O–H groups in total. The summed E-state index contributed by atoms with van der Waals surface area (Å²) in [6.07, 6.45) is 4.21. The monoisotopic (exact) mass is 300 g/mol. The summed E-state index contributed by atoms with van der Waals surface area (Å²) in [6.45, 7) is 6.31. The van der Waals surface area contributed by atoms with Gasteiger partial charge in [-0.15, -0.1) is 0 Å². The SMILES string of the molecule is Cc1nn(C)c(C)c1-c1ccnc(NC2CCCN(C)C2)n1. The molecule has 0 aliphatic carbocycles. The van der Waals surface area contributed by atoms with E-state index in [2.05, 4.69) is 34.3 Å². The van der Waals surface area contributed by atoms with Crippen LogP contribution >= 0.6 is 0 Å². The minimum absolute atomic E-state index is 0.421. The van der Waals surface area contributed by atoms with Crippen LogP contribution in [-0.4, -0.2) is 50.8 Å². The third-order valence-corrected chi connectivity index (χ3v) is 4.38. The first kappa shape index (κ1) is 15.0. The number of nitrogens with one attached hydrogen (secondary N) is 1. The highest BCUT2D eigenvalue weighted by Crippen LogP contribution is 2.25.